The number of nitrogens with zero attached hydrogens (tertiary/aromatic N) is 2. The fourth-order valence-electron chi connectivity index (χ4n) is 1.92. The van der Waals surface area contributed by atoms with Gasteiger partial charge in [-0.15, -0.1) is 0 Å². The molecule has 0 radical (unpaired) electrons. The highest BCUT2D eigenvalue weighted by Gasteiger charge is 2.08. The molecule has 2 rings (SSSR count). The number of hydrogen-bond donors (Lipinski definition) is 1. The van der Waals surface area contributed by atoms with E-state index in [9.17, 15) is 0 Å². The molecule has 0 bridgehead atoms. The number of hydrogen-bond acceptors (Lipinski definition) is 4. The van der Waals surface area contributed by atoms with E-state index in [0.717, 1.165) is 29.0 Å². The molecule has 0 aliphatic rings. The third kappa shape index (κ3) is 3.57. The van der Waals surface area contributed by atoms with E-state index < -0.39 is 0 Å². The van der Waals surface area contributed by atoms with E-state index in [1.807, 2.05) is 43.3 Å². The van der Waals surface area contributed by atoms with Crippen LogP contribution in [-0.4, -0.2) is 22.5 Å². The van der Waals surface area contributed by atoms with Gasteiger partial charge in [-0.2, -0.15) is 0 Å². The van der Waals surface area contributed by atoms with Gasteiger partial charge in [0.15, 0.2) is 0 Å². The Morgan fingerprint density at radius 3 is 2.85 bits per heavy atom. The van der Waals surface area contributed by atoms with Gasteiger partial charge in [0.25, 0.3) is 0 Å². The minimum atomic E-state index is 0.534. The van der Waals surface area contributed by atoms with Crippen LogP contribution in [-0.2, 0) is 6.42 Å². The molecule has 0 spiro atoms. The van der Waals surface area contributed by atoms with Gasteiger partial charge in [0.05, 0.1) is 12.3 Å². The Morgan fingerprint density at radius 2 is 2.15 bits per heavy atom. The van der Waals surface area contributed by atoms with Crippen LogP contribution >= 0.6 is 0 Å². The summed E-state index contributed by atoms with van der Waals surface area (Å²) >= 11 is 0. The van der Waals surface area contributed by atoms with Crippen molar-refractivity contribution in [1.29, 1.82) is 0 Å². The van der Waals surface area contributed by atoms with Crippen LogP contribution < -0.4 is 4.74 Å². The molecule has 0 aliphatic heterocycles. The van der Waals surface area contributed by atoms with Crippen molar-refractivity contribution in [3.63, 3.8) is 0 Å². The van der Waals surface area contributed by atoms with Gasteiger partial charge in [0, 0.05) is 23.9 Å². The van der Waals surface area contributed by atoms with Gasteiger partial charge >= 0.3 is 0 Å². The largest absolute Gasteiger partial charge is 0.492 e. The lowest BCUT2D eigenvalue weighted by molar-refractivity contribution is 0.313. The molecule has 1 N–H and O–H groups in total. The van der Waals surface area contributed by atoms with Crippen molar-refractivity contribution < 1.29 is 9.94 Å². The van der Waals surface area contributed by atoms with Gasteiger partial charge in [-0.3, -0.25) is 4.98 Å². The summed E-state index contributed by atoms with van der Waals surface area (Å²) in [6, 6.07) is 11.7. The van der Waals surface area contributed by atoms with E-state index in [1.165, 1.54) is 0 Å². The molecule has 0 fully saturated rings. The second-order valence-electron chi connectivity index (χ2n) is 4.60. The Morgan fingerprint density at radius 1 is 1.30 bits per heavy atom. The van der Waals surface area contributed by atoms with Gasteiger partial charge in [0.2, 0.25) is 0 Å². The minimum absolute atomic E-state index is 0.534. The van der Waals surface area contributed by atoms with E-state index in [-0.39, 0.29) is 0 Å². The Balaban J connectivity index is 2.06. The maximum absolute atomic E-state index is 8.93. The molecule has 104 valence electrons. The zero-order valence-corrected chi connectivity index (χ0v) is 11.7. The fourth-order valence-corrected chi connectivity index (χ4v) is 1.92. The average molecular weight is 270 g/mol. The fraction of sp³-hybridized carbons (Fsp3) is 0.250. The molecule has 1 aromatic carbocycles. The smallest absolute Gasteiger partial charge is 0.128 e. The molecule has 1 aromatic heterocycles. The monoisotopic (exact) mass is 270 g/mol. The third-order valence-electron chi connectivity index (χ3n) is 3.02. The summed E-state index contributed by atoms with van der Waals surface area (Å²) < 4.78 is 5.79. The minimum Gasteiger partial charge on any atom is -0.492 e. The van der Waals surface area contributed by atoms with E-state index >= 15 is 0 Å². The van der Waals surface area contributed by atoms with Gasteiger partial charge in [-0.1, -0.05) is 22.9 Å². The molecule has 4 nitrogen and oxygen atoms in total. The van der Waals surface area contributed by atoms with Crippen LogP contribution in [0.4, 0.5) is 0 Å². The summed E-state index contributed by atoms with van der Waals surface area (Å²) in [4.78, 5) is 4.25. The van der Waals surface area contributed by atoms with Gasteiger partial charge in [-0.05, 0) is 38.1 Å². The number of oxime groups is 1. The van der Waals surface area contributed by atoms with Crippen molar-refractivity contribution in [3.8, 4) is 5.75 Å². The highest BCUT2D eigenvalue weighted by Crippen LogP contribution is 2.21. The summed E-state index contributed by atoms with van der Waals surface area (Å²) in [5.41, 5.74) is 3.45. The second kappa shape index (κ2) is 6.70. The van der Waals surface area contributed by atoms with Crippen LogP contribution in [0.3, 0.4) is 0 Å². The average Bonchev–Trinajstić information content (AvgIpc) is 2.49. The third-order valence-corrected chi connectivity index (χ3v) is 3.02. The molecule has 0 unspecified atom stereocenters. The lowest BCUT2D eigenvalue weighted by atomic mass is 10.1. The maximum Gasteiger partial charge on any atom is 0.128 e. The van der Waals surface area contributed by atoms with E-state index in [2.05, 4.69) is 10.1 Å². The summed E-state index contributed by atoms with van der Waals surface area (Å²) in [6.07, 6.45) is 2.51. The first-order valence-corrected chi connectivity index (χ1v) is 6.53. The van der Waals surface area contributed by atoms with Crippen LogP contribution in [0.25, 0.3) is 0 Å². The van der Waals surface area contributed by atoms with Crippen LogP contribution in [0.1, 0.15) is 23.7 Å². The summed E-state index contributed by atoms with van der Waals surface area (Å²) in [7, 11) is 0. The number of ether oxygens (including phenoxy) is 1. The number of rotatable bonds is 5. The standard InChI is InChI=1S/C16H18N2O2/c1-12-6-7-16(15(11-12)13(2)18-19)20-10-8-14-5-3-4-9-17-14/h3-7,9,11,19H,8,10H2,1-2H3/b18-13+. The van der Waals surface area contributed by atoms with Crippen molar-refractivity contribution in [2.75, 3.05) is 6.61 Å². The zero-order valence-electron chi connectivity index (χ0n) is 11.7. The molecule has 0 amide bonds. The lowest BCUT2D eigenvalue weighted by Crippen LogP contribution is -2.06. The van der Waals surface area contributed by atoms with Crippen molar-refractivity contribution in [2.45, 2.75) is 20.3 Å². The van der Waals surface area contributed by atoms with Crippen molar-refractivity contribution in [2.24, 2.45) is 5.16 Å². The van der Waals surface area contributed by atoms with Crippen LogP contribution in [0.5, 0.6) is 5.75 Å². The molecule has 2 aromatic rings. The maximum atomic E-state index is 8.93. The first-order valence-electron chi connectivity index (χ1n) is 6.53. The molecular formula is C16H18N2O2. The summed E-state index contributed by atoms with van der Waals surface area (Å²) in [5.74, 6) is 0.724. The van der Waals surface area contributed by atoms with Crippen molar-refractivity contribution in [1.82, 2.24) is 4.98 Å². The van der Waals surface area contributed by atoms with E-state index in [1.54, 1.807) is 13.1 Å². The number of aryl methyl sites for hydroxylation is 1. The molecule has 0 atom stereocenters. The number of pyridine rings is 1. The van der Waals surface area contributed by atoms with Crippen molar-refractivity contribution in [3.05, 3.63) is 59.4 Å². The second-order valence-corrected chi connectivity index (χ2v) is 4.60. The normalized spacial score (nSPS) is 11.4. The Labute approximate surface area is 118 Å². The molecule has 20 heavy (non-hydrogen) atoms. The first-order chi connectivity index (χ1) is 9.70. The lowest BCUT2D eigenvalue weighted by Gasteiger charge is -2.11. The molecule has 0 aliphatic carbocycles. The quantitative estimate of drug-likeness (QED) is 0.515. The van der Waals surface area contributed by atoms with Crippen LogP contribution in [0, 0.1) is 6.92 Å². The first kappa shape index (κ1) is 14.1. The van der Waals surface area contributed by atoms with Gasteiger partial charge in [0.1, 0.15) is 5.75 Å². The highest BCUT2D eigenvalue weighted by atomic mass is 16.5. The molecule has 1 heterocycles. The summed E-state index contributed by atoms with van der Waals surface area (Å²) in [5, 5.41) is 12.2. The SMILES string of the molecule is C/C(=N\O)c1cc(C)ccc1OCCc1ccccn1. The Hall–Kier alpha value is -2.36. The predicted molar refractivity (Wildman–Crippen MR) is 78.6 cm³/mol. The van der Waals surface area contributed by atoms with Gasteiger partial charge < -0.3 is 9.94 Å². The molecule has 0 saturated carbocycles. The number of aromatic nitrogens is 1. The van der Waals surface area contributed by atoms with Gasteiger partial charge in [-0.25, -0.2) is 0 Å². The van der Waals surface area contributed by atoms with E-state index in [4.69, 9.17) is 9.94 Å². The zero-order chi connectivity index (χ0) is 14.4. The number of benzene rings is 1. The molecule has 4 heteroatoms. The van der Waals surface area contributed by atoms with Crippen LogP contribution in [0.2, 0.25) is 0 Å². The van der Waals surface area contributed by atoms with Crippen molar-refractivity contribution >= 4 is 5.71 Å². The Bertz CT molecular complexity index is 595. The Kier molecular flexibility index (Phi) is 4.71. The molecular weight excluding hydrogens is 252 g/mol. The predicted octanol–water partition coefficient (Wildman–Crippen LogP) is 3.21. The molecule has 0 saturated heterocycles. The summed E-state index contributed by atoms with van der Waals surface area (Å²) in [6.45, 7) is 4.28. The topological polar surface area (TPSA) is 54.7 Å². The highest BCUT2D eigenvalue weighted by molar-refractivity contribution is 6.00. The van der Waals surface area contributed by atoms with Crippen LogP contribution in [0.15, 0.2) is 47.8 Å². The van der Waals surface area contributed by atoms with E-state index in [0.29, 0.717) is 12.3 Å².